The quantitative estimate of drug-likeness (QED) is 0.925. The predicted molar refractivity (Wildman–Crippen MR) is 81.7 cm³/mol. The lowest BCUT2D eigenvalue weighted by molar-refractivity contribution is 0.166. The molecule has 0 amide bonds. The van der Waals surface area contributed by atoms with Gasteiger partial charge in [0, 0.05) is 12.1 Å². The highest BCUT2D eigenvalue weighted by Crippen LogP contribution is 2.37. The fraction of sp³-hybridized carbons (Fsp3) is 0.250. The first-order chi connectivity index (χ1) is 10.4. The Balaban J connectivity index is 2.14. The van der Waals surface area contributed by atoms with Crippen molar-refractivity contribution in [3.63, 3.8) is 0 Å². The summed E-state index contributed by atoms with van der Waals surface area (Å²) >= 11 is 0. The summed E-state index contributed by atoms with van der Waals surface area (Å²) < 4.78 is 40.5. The molecular weight excluding hydrogens is 305 g/mol. The second-order valence-corrected chi connectivity index (χ2v) is 7.18. The topological polar surface area (TPSA) is 57.6 Å². The molecule has 0 fully saturated rings. The molecule has 0 radical (unpaired) electrons. The molecule has 4 nitrogen and oxygen atoms in total. The molecule has 0 aliphatic carbocycles. The van der Waals surface area contributed by atoms with E-state index in [1.54, 1.807) is 31.2 Å². The Morgan fingerprint density at radius 2 is 1.95 bits per heavy atom. The molecule has 116 valence electrons. The molecule has 0 saturated carbocycles. The number of sulfonamides is 1. The van der Waals surface area contributed by atoms with Crippen LogP contribution in [-0.4, -0.2) is 20.1 Å². The van der Waals surface area contributed by atoms with Crippen LogP contribution in [0.5, 0.6) is 0 Å². The van der Waals surface area contributed by atoms with E-state index in [1.807, 2.05) is 0 Å². The number of fused-ring (bicyclic) bond motifs is 1. The largest absolute Gasteiger partial charge is 0.388 e. The van der Waals surface area contributed by atoms with E-state index in [-0.39, 0.29) is 17.9 Å². The van der Waals surface area contributed by atoms with Gasteiger partial charge in [0.15, 0.2) is 0 Å². The van der Waals surface area contributed by atoms with Crippen LogP contribution in [0.2, 0.25) is 0 Å². The molecule has 22 heavy (non-hydrogen) atoms. The van der Waals surface area contributed by atoms with Crippen molar-refractivity contribution >= 4 is 15.7 Å². The minimum Gasteiger partial charge on any atom is -0.388 e. The van der Waals surface area contributed by atoms with E-state index in [1.165, 1.54) is 22.5 Å². The Labute approximate surface area is 128 Å². The summed E-state index contributed by atoms with van der Waals surface area (Å²) in [6.45, 7) is 1.90. The summed E-state index contributed by atoms with van der Waals surface area (Å²) in [7, 11) is -3.74. The van der Waals surface area contributed by atoms with Gasteiger partial charge in [-0.3, -0.25) is 4.31 Å². The fourth-order valence-electron chi connectivity index (χ4n) is 2.75. The molecule has 3 rings (SSSR count). The zero-order chi connectivity index (χ0) is 15.9. The summed E-state index contributed by atoms with van der Waals surface area (Å²) in [5, 5.41) is 10.0. The highest BCUT2D eigenvalue weighted by molar-refractivity contribution is 7.92. The zero-order valence-corrected chi connectivity index (χ0v) is 12.8. The van der Waals surface area contributed by atoms with Gasteiger partial charge < -0.3 is 5.11 Å². The number of nitrogens with zero attached hydrogens (tertiary/aromatic N) is 1. The van der Waals surface area contributed by atoms with Crippen molar-refractivity contribution in [1.29, 1.82) is 0 Å². The van der Waals surface area contributed by atoms with Crippen LogP contribution in [0, 0.1) is 12.7 Å². The number of aliphatic hydroxyl groups is 1. The molecule has 1 N–H and O–H groups in total. The maximum absolute atomic E-state index is 13.4. The summed E-state index contributed by atoms with van der Waals surface area (Å²) in [6.07, 6.45) is -0.615. The number of halogens is 1. The van der Waals surface area contributed by atoms with Crippen LogP contribution >= 0.6 is 0 Å². The van der Waals surface area contributed by atoms with Gasteiger partial charge in [-0.1, -0.05) is 18.2 Å². The van der Waals surface area contributed by atoms with E-state index < -0.39 is 21.9 Å². The monoisotopic (exact) mass is 321 g/mol. The van der Waals surface area contributed by atoms with Gasteiger partial charge in [-0.15, -0.1) is 0 Å². The number of rotatable bonds is 2. The van der Waals surface area contributed by atoms with Crippen LogP contribution in [-0.2, 0) is 10.0 Å². The minimum absolute atomic E-state index is 0.163. The SMILES string of the molecule is Cc1ccccc1S(=O)(=O)N1CCC(O)c2cc(F)ccc21. The van der Waals surface area contributed by atoms with E-state index >= 15 is 0 Å². The van der Waals surface area contributed by atoms with Gasteiger partial charge in [0.1, 0.15) is 5.82 Å². The van der Waals surface area contributed by atoms with E-state index in [0.29, 0.717) is 16.8 Å². The molecular formula is C16H16FNO3S. The van der Waals surface area contributed by atoms with Crippen LogP contribution in [0.4, 0.5) is 10.1 Å². The predicted octanol–water partition coefficient (Wildman–Crippen LogP) is 2.77. The molecule has 1 aliphatic rings. The first kappa shape index (κ1) is 15.0. The van der Waals surface area contributed by atoms with E-state index in [2.05, 4.69) is 0 Å². The molecule has 1 atom stereocenters. The van der Waals surface area contributed by atoms with Crippen molar-refractivity contribution in [2.24, 2.45) is 0 Å². The maximum atomic E-state index is 13.4. The Kier molecular flexibility index (Phi) is 3.66. The second kappa shape index (κ2) is 5.37. The van der Waals surface area contributed by atoms with E-state index in [4.69, 9.17) is 0 Å². The Bertz CT molecular complexity index is 820. The molecule has 1 heterocycles. The summed E-state index contributed by atoms with van der Waals surface area (Å²) in [4.78, 5) is 0.224. The number of anilines is 1. The van der Waals surface area contributed by atoms with Crippen molar-refractivity contribution in [3.8, 4) is 0 Å². The lowest BCUT2D eigenvalue weighted by Crippen LogP contribution is -2.37. The van der Waals surface area contributed by atoms with Crippen molar-refractivity contribution < 1.29 is 17.9 Å². The Morgan fingerprint density at radius 1 is 1.23 bits per heavy atom. The van der Waals surface area contributed by atoms with Crippen LogP contribution in [0.3, 0.4) is 0 Å². The summed E-state index contributed by atoms with van der Waals surface area (Å²) in [5.74, 6) is -0.493. The maximum Gasteiger partial charge on any atom is 0.264 e. The van der Waals surface area contributed by atoms with Crippen molar-refractivity contribution in [2.75, 3.05) is 10.8 Å². The van der Waals surface area contributed by atoms with Gasteiger partial charge in [-0.2, -0.15) is 0 Å². The molecule has 0 spiro atoms. The third-order valence-electron chi connectivity index (χ3n) is 3.88. The van der Waals surface area contributed by atoms with E-state index in [0.717, 1.165) is 0 Å². The molecule has 1 aliphatic heterocycles. The third kappa shape index (κ3) is 2.38. The Morgan fingerprint density at radius 3 is 2.68 bits per heavy atom. The smallest absolute Gasteiger partial charge is 0.264 e. The molecule has 2 aromatic rings. The van der Waals surface area contributed by atoms with Gasteiger partial charge in [0.25, 0.3) is 10.0 Å². The van der Waals surface area contributed by atoms with E-state index in [9.17, 15) is 17.9 Å². The third-order valence-corrected chi connectivity index (χ3v) is 5.86. The van der Waals surface area contributed by atoms with Crippen molar-refractivity contribution in [2.45, 2.75) is 24.3 Å². The highest BCUT2D eigenvalue weighted by Gasteiger charge is 2.33. The number of aryl methyl sites for hydroxylation is 1. The number of benzene rings is 2. The molecule has 1 unspecified atom stereocenters. The fourth-order valence-corrected chi connectivity index (χ4v) is 4.48. The minimum atomic E-state index is -3.74. The lowest BCUT2D eigenvalue weighted by Gasteiger charge is -2.33. The lowest BCUT2D eigenvalue weighted by atomic mass is 10.0. The van der Waals surface area contributed by atoms with Crippen LogP contribution < -0.4 is 4.31 Å². The average molecular weight is 321 g/mol. The van der Waals surface area contributed by atoms with Crippen molar-refractivity contribution in [3.05, 3.63) is 59.4 Å². The number of aliphatic hydroxyl groups excluding tert-OH is 1. The Hall–Kier alpha value is -1.92. The number of hydrogen-bond acceptors (Lipinski definition) is 3. The standard InChI is InChI=1S/C16H16FNO3S/c1-11-4-2-3-5-16(11)22(20,21)18-9-8-15(19)13-10-12(17)6-7-14(13)18/h2-7,10,15,19H,8-9H2,1H3. The van der Waals surface area contributed by atoms with Gasteiger partial charge >= 0.3 is 0 Å². The first-order valence-electron chi connectivity index (χ1n) is 6.97. The van der Waals surface area contributed by atoms with Gasteiger partial charge in [-0.25, -0.2) is 12.8 Å². The molecule has 0 saturated heterocycles. The summed E-state index contributed by atoms with van der Waals surface area (Å²) in [5.41, 5.74) is 1.30. The zero-order valence-electron chi connectivity index (χ0n) is 12.0. The van der Waals surface area contributed by atoms with Crippen LogP contribution in [0.25, 0.3) is 0 Å². The normalized spacial score (nSPS) is 18.1. The van der Waals surface area contributed by atoms with Gasteiger partial charge in [0.2, 0.25) is 0 Å². The molecule has 2 aromatic carbocycles. The van der Waals surface area contributed by atoms with Crippen LogP contribution in [0.15, 0.2) is 47.4 Å². The van der Waals surface area contributed by atoms with Gasteiger partial charge in [-0.05, 0) is 43.2 Å². The molecule has 0 bridgehead atoms. The molecule has 0 aromatic heterocycles. The summed E-state index contributed by atoms with van der Waals surface area (Å²) in [6, 6.07) is 10.5. The van der Waals surface area contributed by atoms with Crippen LogP contribution in [0.1, 0.15) is 23.7 Å². The first-order valence-corrected chi connectivity index (χ1v) is 8.41. The number of hydrogen-bond donors (Lipinski definition) is 1. The average Bonchev–Trinajstić information content (AvgIpc) is 2.48. The van der Waals surface area contributed by atoms with Crippen molar-refractivity contribution in [1.82, 2.24) is 0 Å². The van der Waals surface area contributed by atoms with Gasteiger partial charge in [0.05, 0.1) is 16.7 Å². The molecule has 6 heteroatoms. The highest BCUT2D eigenvalue weighted by atomic mass is 32.2. The second-order valence-electron chi connectivity index (χ2n) is 5.35.